The minimum atomic E-state index is -0.430. The normalized spacial score (nSPS) is 11.1. The number of nitrogens with one attached hydrogen (secondary N) is 1. The van der Waals surface area contributed by atoms with E-state index in [1.54, 1.807) is 31.5 Å². The molecule has 168 valence electrons. The van der Waals surface area contributed by atoms with Gasteiger partial charge in [-0.1, -0.05) is 12.1 Å². The predicted octanol–water partition coefficient (Wildman–Crippen LogP) is 5.00. The Kier molecular flexibility index (Phi) is 6.49. The van der Waals surface area contributed by atoms with Gasteiger partial charge in [0.1, 0.15) is 6.61 Å². The van der Waals surface area contributed by atoms with Crippen molar-refractivity contribution >= 4 is 28.9 Å². The Morgan fingerprint density at radius 1 is 1.12 bits per heavy atom. The van der Waals surface area contributed by atoms with Crippen LogP contribution in [-0.4, -0.2) is 27.8 Å². The number of fused-ring (bicyclic) bond motifs is 1. The molecule has 0 radical (unpaired) electrons. The summed E-state index contributed by atoms with van der Waals surface area (Å²) in [5.74, 6) is 1.79. The van der Waals surface area contributed by atoms with E-state index in [9.17, 15) is 10.1 Å². The fourth-order valence-electron chi connectivity index (χ4n) is 3.40. The lowest BCUT2D eigenvalue weighted by Gasteiger charge is -2.11. The van der Waals surface area contributed by atoms with Gasteiger partial charge >= 0.3 is 0 Å². The van der Waals surface area contributed by atoms with Crippen LogP contribution in [0, 0.1) is 10.1 Å². The Bertz CT molecular complexity index is 1300. The molecule has 0 saturated carbocycles. The van der Waals surface area contributed by atoms with Crippen LogP contribution in [0.25, 0.3) is 11.0 Å². The molecule has 1 N–H and O–H groups in total. The Hall–Kier alpha value is -4.40. The summed E-state index contributed by atoms with van der Waals surface area (Å²) in [4.78, 5) is 14.9. The van der Waals surface area contributed by atoms with Crippen molar-refractivity contribution < 1.29 is 14.4 Å². The highest BCUT2D eigenvalue weighted by atomic mass is 16.6. The second-order valence-electron chi connectivity index (χ2n) is 7.16. The number of methoxy groups -OCH3 is 1. The van der Waals surface area contributed by atoms with E-state index in [1.807, 2.05) is 36.4 Å². The third kappa shape index (κ3) is 4.93. The van der Waals surface area contributed by atoms with E-state index in [-0.39, 0.29) is 12.3 Å². The van der Waals surface area contributed by atoms with Crippen molar-refractivity contribution in [1.29, 1.82) is 0 Å². The lowest BCUT2D eigenvalue weighted by Crippen LogP contribution is -2.02. The number of non-ortho nitro benzene ring substituents is 1. The van der Waals surface area contributed by atoms with Gasteiger partial charge in [0.15, 0.2) is 11.5 Å². The molecular weight excluding hydrogens is 422 g/mol. The van der Waals surface area contributed by atoms with Crippen molar-refractivity contribution in [1.82, 2.24) is 9.55 Å². The first-order chi connectivity index (χ1) is 16.1. The number of nitrogens with zero attached hydrogens (tertiary/aromatic N) is 4. The van der Waals surface area contributed by atoms with E-state index in [1.165, 1.54) is 12.1 Å². The van der Waals surface area contributed by atoms with Crippen LogP contribution >= 0.6 is 0 Å². The quantitative estimate of drug-likeness (QED) is 0.221. The molecule has 0 bridgehead atoms. The van der Waals surface area contributed by atoms with Crippen molar-refractivity contribution in [3.63, 3.8) is 0 Å². The SMILES string of the molecule is CCn1c(N/N=C\c2ccc(OCc3ccc([N+](=O)[O-])cc3)c(OC)c2)nc2ccccc21. The van der Waals surface area contributed by atoms with Gasteiger partial charge in [-0.25, -0.2) is 10.4 Å². The molecule has 33 heavy (non-hydrogen) atoms. The molecule has 0 atom stereocenters. The van der Waals surface area contributed by atoms with Crippen LogP contribution in [0.15, 0.2) is 71.8 Å². The van der Waals surface area contributed by atoms with Gasteiger partial charge in [-0.15, -0.1) is 0 Å². The molecule has 0 saturated heterocycles. The molecule has 0 fully saturated rings. The molecule has 1 aromatic heterocycles. The zero-order valence-corrected chi connectivity index (χ0v) is 18.3. The second-order valence-corrected chi connectivity index (χ2v) is 7.16. The average molecular weight is 445 g/mol. The largest absolute Gasteiger partial charge is 0.493 e. The summed E-state index contributed by atoms with van der Waals surface area (Å²) in [5.41, 5.74) is 6.66. The summed E-state index contributed by atoms with van der Waals surface area (Å²) >= 11 is 0. The maximum Gasteiger partial charge on any atom is 0.269 e. The number of para-hydroxylation sites is 2. The highest BCUT2D eigenvalue weighted by Crippen LogP contribution is 2.28. The fourth-order valence-corrected chi connectivity index (χ4v) is 3.40. The van der Waals surface area contributed by atoms with E-state index in [0.29, 0.717) is 17.4 Å². The molecule has 4 rings (SSSR count). The van der Waals surface area contributed by atoms with E-state index in [4.69, 9.17) is 9.47 Å². The number of anilines is 1. The molecule has 9 heteroatoms. The number of aryl methyl sites for hydroxylation is 1. The topological polar surface area (TPSA) is 104 Å². The van der Waals surface area contributed by atoms with Crippen LogP contribution in [0.2, 0.25) is 0 Å². The summed E-state index contributed by atoms with van der Waals surface area (Å²) in [6, 6.07) is 19.7. The predicted molar refractivity (Wildman–Crippen MR) is 127 cm³/mol. The Labute approximate surface area is 190 Å². The molecule has 0 amide bonds. The molecule has 9 nitrogen and oxygen atoms in total. The zero-order chi connectivity index (χ0) is 23.2. The minimum absolute atomic E-state index is 0.0445. The van der Waals surface area contributed by atoms with Crippen LogP contribution in [0.3, 0.4) is 0 Å². The zero-order valence-electron chi connectivity index (χ0n) is 18.3. The van der Waals surface area contributed by atoms with E-state index >= 15 is 0 Å². The summed E-state index contributed by atoms with van der Waals surface area (Å²) in [6.45, 7) is 3.09. The molecular formula is C24H23N5O4. The van der Waals surface area contributed by atoms with Gasteiger partial charge in [0.05, 0.1) is 29.3 Å². The van der Waals surface area contributed by atoms with Crippen LogP contribution in [-0.2, 0) is 13.2 Å². The monoisotopic (exact) mass is 445 g/mol. The smallest absolute Gasteiger partial charge is 0.269 e. The average Bonchev–Trinajstić information content (AvgIpc) is 3.20. The van der Waals surface area contributed by atoms with Crippen molar-refractivity contribution in [2.24, 2.45) is 5.10 Å². The Morgan fingerprint density at radius 2 is 1.91 bits per heavy atom. The molecule has 0 aliphatic rings. The number of hydrogen-bond donors (Lipinski definition) is 1. The molecule has 1 heterocycles. The number of benzene rings is 3. The minimum Gasteiger partial charge on any atom is -0.493 e. The number of hydrazone groups is 1. The van der Waals surface area contributed by atoms with Crippen LogP contribution in [0.5, 0.6) is 11.5 Å². The first-order valence-electron chi connectivity index (χ1n) is 10.4. The highest BCUT2D eigenvalue weighted by Gasteiger charge is 2.09. The number of ether oxygens (including phenoxy) is 2. The van der Waals surface area contributed by atoms with Crippen molar-refractivity contribution in [3.05, 3.63) is 88.0 Å². The van der Waals surface area contributed by atoms with E-state index in [2.05, 4.69) is 27.0 Å². The van der Waals surface area contributed by atoms with Crippen LogP contribution in [0.1, 0.15) is 18.1 Å². The molecule has 0 spiro atoms. The summed E-state index contributed by atoms with van der Waals surface area (Å²) in [5, 5.41) is 15.1. The Balaban J connectivity index is 1.43. The number of imidazole rings is 1. The standard InChI is InChI=1S/C24H23N5O4/c1-3-28-21-7-5-4-6-20(21)26-24(28)27-25-15-18-10-13-22(23(14-18)32-2)33-16-17-8-11-19(12-9-17)29(30)31/h4-15H,3,16H2,1-2H3,(H,26,27)/b25-15-. The van der Waals surface area contributed by atoms with Crippen LogP contribution in [0.4, 0.5) is 11.6 Å². The Morgan fingerprint density at radius 3 is 2.64 bits per heavy atom. The molecule has 3 aromatic carbocycles. The molecule has 0 aliphatic heterocycles. The highest BCUT2D eigenvalue weighted by molar-refractivity contribution is 5.82. The van der Waals surface area contributed by atoms with E-state index in [0.717, 1.165) is 28.7 Å². The number of rotatable bonds is 9. The molecule has 0 unspecified atom stereocenters. The second kappa shape index (κ2) is 9.82. The van der Waals surface area contributed by atoms with Crippen molar-refractivity contribution in [3.8, 4) is 11.5 Å². The first-order valence-corrected chi connectivity index (χ1v) is 10.4. The number of aromatic nitrogens is 2. The number of nitro benzene ring substituents is 1. The molecule has 0 aliphatic carbocycles. The summed E-state index contributed by atoms with van der Waals surface area (Å²) in [6.07, 6.45) is 1.68. The number of nitro groups is 1. The van der Waals surface area contributed by atoms with Gasteiger partial charge in [-0.2, -0.15) is 5.10 Å². The van der Waals surface area contributed by atoms with Crippen LogP contribution < -0.4 is 14.9 Å². The first kappa shape index (κ1) is 21.8. The van der Waals surface area contributed by atoms with Gasteiger partial charge in [-0.3, -0.25) is 10.1 Å². The van der Waals surface area contributed by atoms with E-state index < -0.39 is 4.92 Å². The maximum atomic E-state index is 10.8. The van der Waals surface area contributed by atoms with Crippen molar-refractivity contribution in [2.75, 3.05) is 12.5 Å². The fraction of sp³-hybridized carbons (Fsp3) is 0.167. The lowest BCUT2D eigenvalue weighted by molar-refractivity contribution is -0.384. The third-order valence-corrected chi connectivity index (χ3v) is 5.08. The van der Waals surface area contributed by atoms with Gasteiger partial charge < -0.3 is 14.0 Å². The van der Waals surface area contributed by atoms with Gasteiger partial charge in [-0.05, 0) is 60.5 Å². The van der Waals surface area contributed by atoms with Gasteiger partial charge in [0.25, 0.3) is 5.69 Å². The summed E-state index contributed by atoms with van der Waals surface area (Å²) < 4.78 is 13.3. The summed E-state index contributed by atoms with van der Waals surface area (Å²) in [7, 11) is 1.57. The third-order valence-electron chi connectivity index (χ3n) is 5.08. The molecule has 4 aromatic rings. The number of hydrogen-bond acceptors (Lipinski definition) is 7. The van der Waals surface area contributed by atoms with Gasteiger partial charge in [0, 0.05) is 18.7 Å². The lowest BCUT2D eigenvalue weighted by atomic mass is 10.2. The maximum absolute atomic E-state index is 10.8. The van der Waals surface area contributed by atoms with Gasteiger partial charge in [0.2, 0.25) is 5.95 Å². The van der Waals surface area contributed by atoms with Crippen molar-refractivity contribution in [2.45, 2.75) is 20.1 Å².